The fourth-order valence-corrected chi connectivity index (χ4v) is 5.79. The molecule has 5 aromatic rings. The summed E-state index contributed by atoms with van der Waals surface area (Å²) in [6, 6.07) is 20.1. The highest BCUT2D eigenvalue weighted by atomic mass is 16.5. The average molecular weight is 541 g/mol. The smallest absolute Gasteiger partial charge is 0.247 e. The molecule has 4 heterocycles. The first-order valence-electron chi connectivity index (χ1n) is 13.7. The van der Waals surface area contributed by atoms with Gasteiger partial charge in [-0.25, -0.2) is 15.0 Å². The molecule has 7 rings (SSSR count). The van der Waals surface area contributed by atoms with Crippen LogP contribution in [0, 0.1) is 6.92 Å². The van der Waals surface area contributed by atoms with Gasteiger partial charge in [-0.05, 0) is 72.9 Å². The van der Waals surface area contributed by atoms with Gasteiger partial charge < -0.3 is 19.9 Å². The number of nitrogens with zero attached hydrogens (tertiary/aromatic N) is 4. The first-order valence-corrected chi connectivity index (χ1v) is 13.7. The number of anilines is 2. The Labute approximate surface area is 237 Å². The second-order valence-electron chi connectivity index (χ2n) is 10.3. The third-order valence-corrected chi connectivity index (χ3v) is 7.62. The molecular weight excluding hydrogens is 512 g/mol. The summed E-state index contributed by atoms with van der Waals surface area (Å²) in [5.41, 5.74) is 7.91. The molecule has 0 atom stereocenters. The van der Waals surface area contributed by atoms with Gasteiger partial charge in [-0.3, -0.25) is 4.79 Å². The standard InChI is InChI=1S/C33H28N6O2/c1-3-27(40)38-23-13-11-21(12-14-23)31-29-26-16-15-25(41-28-10-6-7-20(2)37-28)17-22(26)18-34-32-30(29)33(36-19-35-32)39(31)24-8-4-5-9-24/h3-7,10-17,19,24H,1,8-9,18H2,2H3,(H,38,40)(H,34,35,36). The van der Waals surface area contributed by atoms with Crippen LogP contribution in [0.5, 0.6) is 11.6 Å². The number of hydrogen-bond donors (Lipinski definition) is 2. The summed E-state index contributed by atoms with van der Waals surface area (Å²) in [6.07, 6.45) is 9.23. The first kappa shape index (κ1) is 24.8. The van der Waals surface area contributed by atoms with Crippen LogP contribution in [0.15, 0.2) is 91.8 Å². The number of carbonyl (C=O) groups excluding carboxylic acids is 1. The Morgan fingerprint density at radius 2 is 1.93 bits per heavy atom. The average Bonchev–Trinajstić information content (AvgIpc) is 3.59. The van der Waals surface area contributed by atoms with Crippen molar-refractivity contribution in [2.24, 2.45) is 0 Å². The monoisotopic (exact) mass is 540 g/mol. The first-order chi connectivity index (χ1) is 20.1. The lowest BCUT2D eigenvalue weighted by Crippen LogP contribution is -2.10. The van der Waals surface area contributed by atoms with Gasteiger partial charge in [-0.15, -0.1) is 0 Å². The van der Waals surface area contributed by atoms with Crippen LogP contribution in [0.3, 0.4) is 0 Å². The second-order valence-corrected chi connectivity index (χ2v) is 10.3. The molecule has 2 aromatic carbocycles. The largest absolute Gasteiger partial charge is 0.439 e. The third kappa shape index (κ3) is 4.43. The van der Waals surface area contributed by atoms with Gasteiger partial charge in [0.1, 0.15) is 23.5 Å². The number of amides is 1. The number of nitrogens with one attached hydrogen (secondary N) is 2. The van der Waals surface area contributed by atoms with Gasteiger partial charge in [-0.2, -0.15) is 0 Å². The van der Waals surface area contributed by atoms with E-state index in [0.29, 0.717) is 18.1 Å². The number of hydrogen-bond acceptors (Lipinski definition) is 6. The molecule has 41 heavy (non-hydrogen) atoms. The predicted octanol–water partition coefficient (Wildman–Crippen LogP) is 7.20. The number of aryl methyl sites for hydroxylation is 1. The minimum atomic E-state index is -0.241. The van der Waals surface area contributed by atoms with E-state index in [0.717, 1.165) is 69.1 Å². The molecule has 0 bridgehead atoms. The highest BCUT2D eigenvalue weighted by Gasteiger charge is 2.30. The van der Waals surface area contributed by atoms with Crippen molar-refractivity contribution in [3.05, 3.63) is 103 Å². The number of carbonyl (C=O) groups is 1. The zero-order chi connectivity index (χ0) is 27.9. The summed E-state index contributed by atoms with van der Waals surface area (Å²) in [7, 11) is 0. The normalized spacial score (nSPS) is 13.9. The number of rotatable bonds is 6. The Bertz CT molecular complexity index is 1850. The Morgan fingerprint density at radius 3 is 2.71 bits per heavy atom. The number of fused-ring (bicyclic) bond motifs is 2. The summed E-state index contributed by atoms with van der Waals surface area (Å²) in [6.45, 7) is 6.09. The lowest BCUT2D eigenvalue weighted by Gasteiger charge is -2.20. The van der Waals surface area contributed by atoms with Crippen molar-refractivity contribution in [1.82, 2.24) is 19.5 Å². The van der Waals surface area contributed by atoms with Gasteiger partial charge in [-0.1, -0.05) is 43.0 Å². The van der Waals surface area contributed by atoms with E-state index >= 15 is 0 Å². The molecule has 8 heteroatoms. The van der Waals surface area contributed by atoms with E-state index in [1.807, 2.05) is 55.5 Å². The summed E-state index contributed by atoms with van der Waals surface area (Å²) >= 11 is 0. The van der Waals surface area contributed by atoms with Crippen molar-refractivity contribution in [2.45, 2.75) is 32.4 Å². The van der Waals surface area contributed by atoms with Crippen molar-refractivity contribution in [3.8, 4) is 34.0 Å². The van der Waals surface area contributed by atoms with Gasteiger partial charge in [0.2, 0.25) is 11.8 Å². The van der Waals surface area contributed by atoms with Gasteiger partial charge in [0, 0.05) is 35.6 Å². The number of ether oxygens (including phenoxy) is 1. The summed E-state index contributed by atoms with van der Waals surface area (Å²) in [4.78, 5) is 25.9. The Hall–Kier alpha value is -5.24. The molecule has 0 saturated heterocycles. The van der Waals surface area contributed by atoms with E-state index in [2.05, 4.69) is 56.0 Å². The molecule has 1 aliphatic heterocycles. The topological polar surface area (TPSA) is 94.0 Å². The lowest BCUT2D eigenvalue weighted by molar-refractivity contribution is -0.111. The second kappa shape index (κ2) is 10.1. The number of pyridine rings is 1. The van der Waals surface area contributed by atoms with Crippen LogP contribution in [0.25, 0.3) is 33.4 Å². The van der Waals surface area contributed by atoms with Gasteiger partial charge >= 0.3 is 0 Å². The van der Waals surface area contributed by atoms with E-state index < -0.39 is 0 Å². The molecule has 0 unspecified atom stereocenters. The maximum absolute atomic E-state index is 11.9. The molecular formula is C33H28N6O2. The fourth-order valence-electron chi connectivity index (χ4n) is 5.79. The molecule has 0 spiro atoms. The Balaban J connectivity index is 1.41. The minimum Gasteiger partial charge on any atom is -0.439 e. The van der Waals surface area contributed by atoms with Crippen LogP contribution >= 0.6 is 0 Å². The highest BCUT2D eigenvalue weighted by Crippen LogP contribution is 2.48. The predicted molar refractivity (Wildman–Crippen MR) is 161 cm³/mol. The lowest BCUT2D eigenvalue weighted by atomic mass is 9.95. The molecule has 202 valence electrons. The van der Waals surface area contributed by atoms with Gasteiger partial charge in [0.05, 0.1) is 11.1 Å². The van der Waals surface area contributed by atoms with Crippen molar-refractivity contribution < 1.29 is 9.53 Å². The molecule has 3 aromatic heterocycles. The van der Waals surface area contributed by atoms with Crippen LogP contribution < -0.4 is 15.4 Å². The maximum atomic E-state index is 11.9. The molecule has 2 N–H and O–H groups in total. The molecule has 1 aliphatic carbocycles. The van der Waals surface area contributed by atoms with Gasteiger partial charge in [0.15, 0.2) is 0 Å². The zero-order valence-corrected chi connectivity index (χ0v) is 22.6. The molecule has 8 nitrogen and oxygen atoms in total. The number of benzene rings is 2. The maximum Gasteiger partial charge on any atom is 0.247 e. The molecule has 2 aliphatic rings. The summed E-state index contributed by atoms with van der Waals surface area (Å²) in [5.74, 6) is 1.85. The summed E-state index contributed by atoms with van der Waals surface area (Å²) < 4.78 is 8.52. The minimum absolute atomic E-state index is 0.238. The van der Waals surface area contributed by atoms with Crippen LogP contribution in [0.1, 0.15) is 30.1 Å². The molecule has 0 saturated carbocycles. The Morgan fingerprint density at radius 1 is 1.10 bits per heavy atom. The van der Waals surface area contributed by atoms with E-state index in [4.69, 9.17) is 9.72 Å². The third-order valence-electron chi connectivity index (χ3n) is 7.62. The van der Waals surface area contributed by atoms with Crippen LogP contribution in [-0.4, -0.2) is 25.4 Å². The van der Waals surface area contributed by atoms with Crippen molar-refractivity contribution in [1.29, 1.82) is 0 Å². The van der Waals surface area contributed by atoms with E-state index in [1.54, 1.807) is 6.33 Å². The molecule has 1 amide bonds. The number of allylic oxidation sites excluding steroid dienone is 2. The van der Waals surface area contributed by atoms with E-state index in [9.17, 15) is 4.79 Å². The van der Waals surface area contributed by atoms with Crippen molar-refractivity contribution in [3.63, 3.8) is 0 Å². The van der Waals surface area contributed by atoms with E-state index in [1.165, 1.54) is 6.08 Å². The SMILES string of the molecule is C=CC(=O)Nc1ccc(-c2c3c4c(ncnc4n2C2CC=CC2)NCc2cc(Oc4cccc(C)n4)ccc2-3)cc1. The van der Waals surface area contributed by atoms with Crippen LogP contribution in [-0.2, 0) is 11.3 Å². The fraction of sp³-hybridized carbons (Fsp3) is 0.152. The summed E-state index contributed by atoms with van der Waals surface area (Å²) in [5, 5.41) is 7.41. The van der Waals surface area contributed by atoms with E-state index in [-0.39, 0.29) is 11.9 Å². The van der Waals surface area contributed by atoms with Gasteiger partial charge in [0.25, 0.3) is 0 Å². The molecule has 0 fully saturated rings. The Kier molecular flexibility index (Phi) is 6.08. The van der Waals surface area contributed by atoms with Crippen LogP contribution in [0.4, 0.5) is 11.5 Å². The molecule has 0 radical (unpaired) electrons. The highest BCUT2D eigenvalue weighted by molar-refractivity contribution is 6.10. The number of aromatic nitrogens is 4. The quantitative estimate of drug-likeness (QED) is 0.175. The van der Waals surface area contributed by atoms with Crippen LogP contribution in [0.2, 0.25) is 0 Å². The zero-order valence-electron chi connectivity index (χ0n) is 22.6. The van der Waals surface area contributed by atoms with Crippen molar-refractivity contribution >= 4 is 28.4 Å². The van der Waals surface area contributed by atoms with Crippen molar-refractivity contribution in [2.75, 3.05) is 10.6 Å².